The van der Waals surface area contributed by atoms with Crippen LogP contribution in [0.15, 0.2) is 76.4 Å². The van der Waals surface area contributed by atoms with Crippen LogP contribution < -0.4 is 10.9 Å². The molecule has 9 heteroatoms. The summed E-state index contributed by atoms with van der Waals surface area (Å²) in [7, 11) is 0. The smallest absolute Gasteiger partial charge is 0.267 e. The zero-order chi connectivity index (χ0) is 20.1. The van der Waals surface area contributed by atoms with Gasteiger partial charge in [-0.2, -0.15) is 10.1 Å². The summed E-state index contributed by atoms with van der Waals surface area (Å²) < 4.78 is 6.44. The Balaban J connectivity index is 1.49. The number of amides is 1. The van der Waals surface area contributed by atoms with Gasteiger partial charge in [0, 0.05) is 35.9 Å². The van der Waals surface area contributed by atoms with Gasteiger partial charge in [-0.25, -0.2) is 4.68 Å². The summed E-state index contributed by atoms with van der Waals surface area (Å²) in [5.41, 5.74) is 1.87. The van der Waals surface area contributed by atoms with Gasteiger partial charge >= 0.3 is 0 Å². The Morgan fingerprint density at radius 3 is 2.69 bits per heavy atom. The quantitative estimate of drug-likeness (QED) is 0.536. The number of rotatable bonds is 6. The number of nitrogens with one attached hydrogen (secondary N) is 1. The molecule has 0 saturated heterocycles. The van der Waals surface area contributed by atoms with Crippen molar-refractivity contribution in [3.8, 4) is 11.4 Å². The molecule has 0 spiro atoms. The number of para-hydroxylation sites is 1. The summed E-state index contributed by atoms with van der Waals surface area (Å²) in [4.78, 5) is 32.5. The Morgan fingerprint density at radius 1 is 1.03 bits per heavy atom. The summed E-state index contributed by atoms with van der Waals surface area (Å²) in [6.07, 6.45) is 5.11. The number of benzene rings is 1. The Bertz CT molecular complexity index is 1190. The number of hydrogen-bond acceptors (Lipinski definition) is 7. The lowest BCUT2D eigenvalue weighted by Gasteiger charge is -2.10. The van der Waals surface area contributed by atoms with Crippen LogP contribution in [-0.4, -0.2) is 30.8 Å². The Morgan fingerprint density at radius 2 is 1.86 bits per heavy atom. The molecule has 0 aliphatic heterocycles. The lowest BCUT2D eigenvalue weighted by atomic mass is 10.1. The van der Waals surface area contributed by atoms with Crippen LogP contribution in [0.3, 0.4) is 0 Å². The van der Waals surface area contributed by atoms with Gasteiger partial charge in [0.1, 0.15) is 6.54 Å². The molecule has 3 heterocycles. The van der Waals surface area contributed by atoms with Crippen LogP contribution in [0, 0.1) is 0 Å². The van der Waals surface area contributed by atoms with E-state index in [1.54, 1.807) is 30.6 Å². The number of hydrogen-bond donors (Lipinski definition) is 1. The minimum absolute atomic E-state index is 0.180. The van der Waals surface area contributed by atoms with Crippen LogP contribution in [0.25, 0.3) is 11.4 Å². The van der Waals surface area contributed by atoms with Crippen LogP contribution in [0.4, 0.5) is 5.69 Å². The van der Waals surface area contributed by atoms with Crippen molar-refractivity contribution in [1.82, 2.24) is 24.9 Å². The molecular weight excluding hydrogens is 372 g/mol. The fourth-order valence-electron chi connectivity index (χ4n) is 2.74. The topological polar surface area (TPSA) is 116 Å². The van der Waals surface area contributed by atoms with Crippen molar-refractivity contribution >= 4 is 11.6 Å². The van der Waals surface area contributed by atoms with Crippen molar-refractivity contribution in [3.05, 3.63) is 88.9 Å². The third kappa shape index (κ3) is 4.41. The lowest BCUT2D eigenvalue weighted by Crippen LogP contribution is -2.28. The summed E-state index contributed by atoms with van der Waals surface area (Å²) in [6, 6.07) is 13.8. The predicted octanol–water partition coefficient (Wildman–Crippen LogP) is 1.92. The van der Waals surface area contributed by atoms with Gasteiger partial charge in [-0.15, -0.1) is 0 Å². The molecule has 0 unspecified atom stereocenters. The van der Waals surface area contributed by atoms with E-state index in [4.69, 9.17) is 4.52 Å². The molecule has 0 atom stereocenters. The van der Waals surface area contributed by atoms with Crippen molar-refractivity contribution in [3.63, 3.8) is 0 Å². The Hall–Kier alpha value is -4.14. The van der Waals surface area contributed by atoms with E-state index in [0.29, 0.717) is 23.8 Å². The van der Waals surface area contributed by atoms with Crippen molar-refractivity contribution in [2.45, 2.75) is 13.0 Å². The van der Waals surface area contributed by atoms with Crippen molar-refractivity contribution in [2.75, 3.05) is 5.32 Å². The van der Waals surface area contributed by atoms with Gasteiger partial charge in [-0.1, -0.05) is 23.4 Å². The van der Waals surface area contributed by atoms with E-state index in [2.05, 4.69) is 25.5 Å². The molecular formula is C20H16N6O3. The molecule has 29 heavy (non-hydrogen) atoms. The van der Waals surface area contributed by atoms with Crippen molar-refractivity contribution in [2.24, 2.45) is 0 Å². The molecule has 9 nitrogen and oxygen atoms in total. The third-order valence-electron chi connectivity index (χ3n) is 4.12. The molecule has 1 aromatic carbocycles. The summed E-state index contributed by atoms with van der Waals surface area (Å²) >= 11 is 0. The maximum atomic E-state index is 12.4. The van der Waals surface area contributed by atoms with Gasteiger partial charge in [-0.3, -0.25) is 14.6 Å². The Labute approximate surface area is 165 Å². The van der Waals surface area contributed by atoms with E-state index in [0.717, 1.165) is 15.8 Å². The summed E-state index contributed by atoms with van der Waals surface area (Å²) in [6.45, 7) is -0.180. The molecule has 144 valence electrons. The normalized spacial score (nSPS) is 10.6. The molecule has 0 bridgehead atoms. The van der Waals surface area contributed by atoms with E-state index in [-0.39, 0.29) is 18.0 Å². The second kappa shape index (κ2) is 8.26. The number of carbonyl (C=O) groups is 1. The Kier molecular flexibility index (Phi) is 5.19. The first-order valence-corrected chi connectivity index (χ1v) is 8.82. The highest BCUT2D eigenvalue weighted by atomic mass is 16.5. The van der Waals surface area contributed by atoms with E-state index in [9.17, 15) is 9.59 Å². The summed E-state index contributed by atoms with van der Waals surface area (Å²) in [5.74, 6) is 0.527. The first kappa shape index (κ1) is 18.2. The van der Waals surface area contributed by atoms with Gasteiger partial charge in [-0.05, 0) is 29.8 Å². The van der Waals surface area contributed by atoms with Gasteiger partial charge in [0.15, 0.2) is 0 Å². The molecule has 1 amide bonds. The zero-order valence-electron chi connectivity index (χ0n) is 15.2. The minimum Gasteiger partial charge on any atom is -0.339 e. The van der Waals surface area contributed by atoms with Crippen molar-refractivity contribution in [1.29, 1.82) is 0 Å². The molecule has 0 radical (unpaired) electrons. The monoisotopic (exact) mass is 388 g/mol. The molecule has 0 saturated carbocycles. The number of pyridine rings is 1. The molecule has 4 rings (SSSR count). The standard InChI is InChI=1S/C20H16N6O3/c27-17(13-26-19(28)6-3-9-22-26)23-16-5-2-1-4-15(16)12-18-24-20(25-29-18)14-7-10-21-11-8-14/h1-11H,12-13H2,(H,23,27). The molecule has 3 aromatic heterocycles. The molecule has 4 aromatic rings. The summed E-state index contributed by atoms with van der Waals surface area (Å²) in [5, 5.41) is 10.7. The van der Waals surface area contributed by atoms with Crippen LogP contribution in [0.1, 0.15) is 11.5 Å². The molecule has 0 aliphatic carbocycles. The lowest BCUT2D eigenvalue weighted by molar-refractivity contribution is -0.117. The highest BCUT2D eigenvalue weighted by molar-refractivity contribution is 5.91. The zero-order valence-corrected chi connectivity index (χ0v) is 15.2. The second-order valence-corrected chi connectivity index (χ2v) is 6.15. The maximum absolute atomic E-state index is 12.4. The average Bonchev–Trinajstić information content (AvgIpc) is 3.20. The first-order valence-electron chi connectivity index (χ1n) is 8.82. The molecule has 1 N–H and O–H groups in total. The van der Waals surface area contributed by atoms with E-state index < -0.39 is 0 Å². The van der Waals surface area contributed by atoms with Crippen LogP contribution in [0.5, 0.6) is 0 Å². The number of anilines is 1. The van der Waals surface area contributed by atoms with Gasteiger partial charge < -0.3 is 9.84 Å². The van der Waals surface area contributed by atoms with Gasteiger partial charge in [0.2, 0.25) is 17.6 Å². The second-order valence-electron chi connectivity index (χ2n) is 6.15. The largest absolute Gasteiger partial charge is 0.339 e. The fraction of sp³-hybridized carbons (Fsp3) is 0.100. The first-order chi connectivity index (χ1) is 14.2. The minimum atomic E-state index is -0.360. The van der Waals surface area contributed by atoms with E-state index in [1.165, 1.54) is 18.3 Å². The van der Waals surface area contributed by atoms with E-state index in [1.807, 2.05) is 18.2 Å². The van der Waals surface area contributed by atoms with E-state index >= 15 is 0 Å². The van der Waals surface area contributed by atoms with Crippen LogP contribution >= 0.6 is 0 Å². The highest BCUT2D eigenvalue weighted by Crippen LogP contribution is 2.20. The predicted molar refractivity (Wildman–Crippen MR) is 104 cm³/mol. The molecule has 0 aliphatic rings. The number of aromatic nitrogens is 5. The van der Waals surface area contributed by atoms with Crippen LogP contribution in [0.2, 0.25) is 0 Å². The molecule has 0 fully saturated rings. The van der Waals surface area contributed by atoms with Crippen molar-refractivity contribution < 1.29 is 9.32 Å². The number of carbonyl (C=O) groups excluding carboxylic acids is 1. The number of nitrogens with zero attached hydrogens (tertiary/aromatic N) is 5. The van der Waals surface area contributed by atoms with Gasteiger partial charge in [0.05, 0.1) is 6.42 Å². The third-order valence-corrected chi connectivity index (χ3v) is 4.12. The maximum Gasteiger partial charge on any atom is 0.267 e. The van der Waals surface area contributed by atoms with Gasteiger partial charge in [0.25, 0.3) is 5.56 Å². The highest BCUT2D eigenvalue weighted by Gasteiger charge is 2.13. The SMILES string of the molecule is O=C(Cn1ncccc1=O)Nc1ccccc1Cc1nc(-c2ccncc2)no1. The average molecular weight is 388 g/mol. The van der Waals surface area contributed by atoms with Crippen LogP contribution in [-0.2, 0) is 17.8 Å². The fourth-order valence-corrected chi connectivity index (χ4v) is 2.74.